The van der Waals surface area contributed by atoms with Crippen LogP contribution in [0.25, 0.3) is 22.1 Å². The van der Waals surface area contributed by atoms with Gasteiger partial charge < -0.3 is 14.4 Å². The Balaban J connectivity index is 1.03. The normalized spacial score (nSPS) is 13.8. The number of anilines is 1. The van der Waals surface area contributed by atoms with E-state index in [9.17, 15) is 9.18 Å². The number of unbranched alkanes of at least 4 members (excludes halogenated alkanes) is 1. The summed E-state index contributed by atoms with van der Waals surface area (Å²) in [5.74, 6) is 0.767. The summed E-state index contributed by atoms with van der Waals surface area (Å²) in [5.41, 5.74) is 4.52. The minimum atomic E-state index is -0.214. The molecule has 5 aromatic rings. The second kappa shape index (κ2) is 12.6. The Morgan fingerprint density at radius 1 is 0.902 bits per heavy atom. The van der Waals surface area contributed by atoms with Gasteiger partial charge in [0, 0.05) is 54.8 Å². The van der Waals surface area contributed by atoms with Crippen molar-refractivity contribution in [3.05, 3.63) is 88.6 Å². The third-order valence-corrected chi connectivity index (χ3v) is 8.90. The number of hydrogen-bond donors (Lipinski definition) is 0. The number of hydrogen-bond acceptors (Lipinski definition) is 6. The predicted octanol–water partition coefficient (Wildman–Crippen LogP) is 6.54. The van der Waals surface area contributed by atoms with Gasteiger partial charge in [0.05, 0.1) is 11.2 Å². The number of para-hydroxylation sites is 2. The van der Waals surface area contributed by atoms with Crippen LogP contribution in [0.15, 0.2) is 82.4 Å². The van der Waals surface area contributed by atoms with Crippen molar-refractivity contribution in [3.8, 4) is 0 Å². The predicted molar refractivity (Wildman–Crippen MR) is 166 cm³/mol. The molecule has 2 aromatic heterocycles. The van der Waals surface area contributed by atoms with Crippen LogP contribution in [0.2, 0.25) is 0 Å². The number of halogens is 2. The number of piperazine rings is 1. The minimum Gasteiger partial charge on any atom is -0.366 e. The largest absolute Gasteiger partial charge is 0.366 e. The molecule has 10 heteroatoms. The number of carbonyl (C=O) groups excluding carboxylic acids is 1. The molecule has 210 valence electrons. The van der Waals surface area contributed by atoms with Crippen molar-refractivity contribution in [2.45, 2.75) is 31.0 Å². The Labute approximate surface area is 250 Å². The van der Waals surface area contributed by atoms with Gasteiger partial charge in [0.25, 0.3) is 0 Å². The van der Waals surface area contributed by atoms with E-state index in [2.05, 4.69) is 55.0 Å². The van der Waals surface area contributed by atoms with Gasteiger partial charge in [-0.3, -0.25) is 4.79 Å². The van der Waals surface area contributed by atoms with E-state index in [0.29, 0.717) is 50.0 Å². The third kappa shape index (κ3) is 6.23. The molecule has 0 spiro atoms. The molecule has 0 bridgehead atoms. The topological polar surface area (TPSA) is 67.2 Å². The van der Waals surface area contributed by atoms with Crippen LogP contribution < -0.4 is 4.90 Å². The molecule has 7 nitrogen and oxygen atoms in total. The lowest BCUT2D eigenvalue weighted by Gasteiger charge is -2.36. The Morgan fingerprint density at radius 2 is 1.66 bits per heavy atom. The molecule has 1 amide bonds. The number of carbonyl (C=O) groups is 1. The minimum absolute atomic E-state index is 0.167. The molecule has 0 radical (unpaired) electrons. The number of rotatable bonds is 9. The van der Waals surface area contributed by atoms with Crippen LogP contribution in [0.4, 0.5) is 10.1 Å². The van der Waals surface area contributed by atoms with Gasteiger partial charge in [0.1, 0.15) is 11.3 Å². The van der Waals surface area contributed by atoms with Gasteiger partial charge in [-0.2, -0.15) is 0 Å². The monoisotopic (exact) mass is 632 g/mol. The Hall–Kier alpha value is -3.50. The number of benzene rings is 3. The Kier molecular flexibility index (Phi) is 8.48. The highest BCUT2D eigenvalue weighted by molar-refractivity contribution is 9.10. The van der Waals surface area contributed by atoms with E-state index in [1.54, 1.807) is 23.9 Å². The third-order valence-electron chi connectivity index (χ3n) is 7.45. The zero-order valence-corrected chi connectivity index (χ0v) is 25.0. The van der Waals surface area contributed by atoms with E-state index in [1.807, 2.05) is 40.1 Å². The first-order valence-corrected chi connectivity index (χ1v) is 15.6. The van der Waals surface area contributed by atoms with Crippen LogP contribution in [0.5, 0.6) is 0 Å². The van der Waals surface area contributed by atoms with Gasteiger partial charge in [-0.15, -0.1) is 10.2 Å². The summed E-state index contributed by atoms with van der Waals surface area (Å²) in [4.78, 5) is 21.6. The molecule has 3 aromatic carbocycles. The van der Waals surface area contributed by atoms with E-state index in [-0.39, 0.29) is 11.7 Å². The molecule has 1 fully saturated rings. The second-order valence-corrected chi connectivity index (χ2v) is 12.1. The molecule has 0 atom stereocenters. The van der Waals surface area contributed by atoms with Crippen molar-refractivity contribution in [3.63, 3.8) is 0 Å². The molecule has 6 rings (SSSR count). The summed E-state index contributed by atoms with van der Waals surface area (Å²) in [6.07, 6.45) is 2.20. The first kappa shape index (κ1) is 27.7. The van der Waals surface area contributed by atoms with Crippen LogP contribution in [0, 0.1) is 5.82 Å². The number of fused-ring (bicyclic) bond motifs is 3. The first-order valence-electron chi connectivity index (χ1n) is 13.8. The average Bonchev–Trinajstić information content (AvgIpc) is 3.31. The number of amides is 1. The summed E-state index contributed by atoms with van der Waals surface area (Å²) in [6, 6.07) is 23.3. The molecule has 0 aliphatic carbocycles. The summed E-state index contributed by atoms with van der Waals surface area (Å²) in [5, 5.41) is 10.7. The zero-order valence-electron chi connectivity index (χ0n) is 22.5. The lowest BCUT2D eigenvalue weighted by Crippen LogP contribution is -2.49. The van der Waals surface area contributed by atoms with Crippen molar-refractivity contribution < 1.29 is 9.18 Å². The molecule has 0 N–H and O–H groups in total. The van der Waals surface area contributed by atoms with Crippen LogP contribution in [-0.4, -0.2) is 62.5 Å². The van der Waals surface area contributed by atoms with E-state index < -0.39 is 0 Å². The zero-order chi connectivity index (χ0) is 28.2. The number of thioether (sulfide) groups is 1. The highest BCUT2D eigenvalue weighted by Crippen LogP contribution is 2.28. The fourth-order valence-corrected chi connectivity index (χ4v) is 6.33. The van der Waals surface area contributed by atoms with Crippen LogP contribution in [0.1, 0.15) is 24.8 Å². The van der Waals surface area contributed by atoms with E-state index in [1.165, 1.54) is 11.6 Å². The second-order valence-electron chi connectivity index (χ2n) is 10.1. The average molecular weight is 634 g/mol. The molecule has 3 heterocycles. The molecular formula is C31H30BrFN6OS. The molecular weight excluding hydrogens is 603 g/mol. The highest BCUT2D eigenvalue weighted by atomic mass is 79.9. The van der Waals surface area contributed by atoms with Gasteiger partial charge >= 0.3 is 0 Å². The summed E-state index contributed by atoms with van der Waals surface area (Å²) >= 11 is 5.09. The summed E-state index contributed by atoms with van der Waals surface area (Å²) in [6.45, 7) is 3.23. The summed E-state index contributed by atoms with van der Waals surface area (Å²) in [7, 11) is 0. The highest BCUT2D eigenvalue weighted by Gasteiger charge is 2.22. The lowest BCUT2D eigenvalue weighted by atomic mass is 10.2. The molecule has 0 unspecified atom stereocenters. The first-order chi connectivity index (χ1) is 20.1. The fraction of sp³-hybridized carbons (Fsp3) is 0.290. The molecule has 0 saturated carbocycles. The maximum absolute atomic E-state index is 14.1. The van der Waals surface area contributed by atoms with Crippen LogP contribution >= 0.6 is 27.7 Å². The van der Waals surface area contributed by atoms with Crippen LogP contribution in [-0.2, 0) is 11.3 Å². The fourth-order valence-electron chi connectivity index (χ4n) is 5.29. The van der Waals surface area contributed by atoms with Gasteiger partial charge in [-0.1, -0.05) is 70.2 Å². The van der Waals surface area contributed by atoms with E-state index in [0.717, 1.165) is 45.1 Å². The van der Waals surface area contributed by atoms with E-state index in [4.69, 9.17) is 4.98 Å². The molecule has 41 heavy (non-hydrogen) atoms. The van der Waals surface area contributed by atoms with Gasteiger partial charge in [-0.05, 0) is 48.7 Å². The van der Waals surface area contributed by atoms with Gasteiger partial charge in [0.2, 0.25) is 11.1 Å². The Bertz CT molecular complexity index is 1670. The van der Waals surface area contributed by atoms with Crippen molar-refractivity contribution in [1.29, 1.82) is 0 Å². The molecule has 1 saturated heterocycles. The number of nitrogens with zero attached hydrogens (tertiary/aromatic N) is 6. The molecule has 1 aliphatic heterocycles. The SMILES string of the molecule is O=C(CCCCSc1nnc2c3ccccc3n(Cc3ccc(Br)cc3)c2n1)N1CCN(c2ccccc2F)CC1. The quantitative estimate of drug-likeness (QED) is 0.136. The lowest BCUT2D eigenvalue weighted by molar-refractivity contribution is -0.131. The Morgan fingerprint density at radius 3 is 2.46 bits per heavy atom. The smallest absolute Gasteiger partial charge is 0.222 e. The summed E-state index contributed by atoms with van der Waals surface area (Å²) < 4.78 is 17.4. The standard InChI is InChI=1S/C31H30BrFN6OS/c32-23-14-12-22(13-15-23)21-39-26-9-3-1-7-24(26)29-30(39)34-31(36-35-29)41-20-6-5-11-28(40)38-18-16-37(17-19-38)27-10-4-2-8-25(27)33/h1-4,7-10,12-15H,5-6,11,16-21H2. The van der Waals surface area contributed by atoms with Gasteiger partial charge in [-0.25, -0.2) is 9.37 Å². The molecule has 1 aliphatic rings. The maximum Gasteiger partial charge on any atom is 0.222 e. The van der Waals surface area contributed by atoms with Crippen molar-refractivity contribution in [1.82, 2.24) is 24.6 Å². The maximum atomic E-state index is 14.1. The number of aromatic nitrogens is 4. The van der Waals surface area contributed by atoms with Crippen molar-refractivity contribution in [2.24, 2.45) is 0 Å². The van der Waals surface area contributed by atoms with Crippen LogP contribution in [0.3, 0.4) is 0 Å². The van der Waals surface area contributed by atoms with Crippen molar-refractivity contribution >= 4 is 61.4 Å². The van der Waals surface area contributed by atoms with E-state index >= 15 is 0 Å². The van der Waals surface area contributed by atoms with Gasteiger partial charge in [0.15, 0.2) is 5.65 Å². The van der Waals surface area contributed by atoms with Crippen molar-refractivity contribution in [2.75, 3.05) is 36.8 Å².